The molecule has 0 aliphatic heterocycles. The fourth-order valence-electron chi connectivity index (χ4n) is 0.544. The Hall–Kier alpha value is -2.28. The molecule has 0 aromatic heterocycles. The van der Waals surface area contributed by atoms with Crippen molar-refractivity contribution >= 4 is 23.9 Å². The molecule has 136 valence electrons. The van der Waals surface area contributed by atoms with Gasteiger partial charge in [-0.15, -0.1) is 0 Å². The van der Waals surface area contributed by atoms with Crippen LogP contribution in [0.5, 0.6) is 0 Å². The number of carbonyl (C=O) groups excluding carboxylic acids is 4. The summed E-state index contributed by atoms with van der Waals surface area (Å²) in [6.07, 6.45) is 9.54. The Morgan fingerprint density at radius 1 is 0.480 bits per heavy atom. The van der Waals surface area contributed by atoms with Crippen molar-refractivity contribution in [2.24, 2.45) is 0 Å². The van der Waals surface area contributed by atoms with Gasteiger partial charge in [0, 0.05) is 0 Å². The summed E-state index contributed by atoms with van der Waals surface area (Å²) in [6.45, 7) is 6.48. The van der Waals surface area contributed by atoms with Crippen LogP contribution >= 0.6 is 0 Å². The van der Waals surface area contributed by atoms with E-state index in [4.69, 9.17) is 0 Å². The van der Waals surface area contributed by atoms with Gasteiger partial charge in [0.05, 0.1) is 23.9 Å². The molecule has 0 aliphatic rings. The van der Waals surface area contributed by atoms with Crippen LogP contribution in [0.3, 0.4) is 0 Å². The van der Waals surface area contributed by atoms with Crippen molar-refractivity contribution in [1.29, 1.82) is 0 Å². The second-order valence-corrected chi connectivity index (χ2v) is 3.28. The molecule has 0 N–H and O–H groups in total. The van der Waals surface area contributed by atoms with Gasteiger partial charge in [-0.2, -0.15) is 0 Å². The standard InChI is InChI=1S/4C4H6O2.Zr/c4*1-2-3-4(5)6;/h4*2-3H,1H3,(H,5,6);/q;;;;+4/p-4/b4*3-2+;. The summed E-state index contributed by atoms with van der Waals surface area (Å²) in [5.74, 6) is -4.56. The van der Waals surface area contributed by atoms with Crippen LogP contribution in [-0.4, -0.2) is 23.9 Å². The minimum atomic E-state index is -1.14. The largest absolute Gasteiger partial charge is 4.00 e. The Kier molecular flexibility index (Phi) is 40.6. The maximum absolute atomic E-state index is 9.40. The third-order valence-electron chi connectivity index (χ3n) is 1.21. The fraction of sp³-hybridized carbons (Fsp3) is 0.250. The molecule has 0 heterocycles. The van der Waals surface area contributed by atoms with E-state index in [-0.39, 0.29) is 26.2 Å². The Morgan fingerprint density at radius 2 is 0.600 bits per heavy atom. The topological polar surface area (TPSA) is 161 Å². The van der Waals surface area contributed by atoms with Crippen LogP contribution in [0, 0.1) is 0 Å². The van der Waals surface area contributed by atoms with E-state index in [1.54, 1.807) is 27.7 Å². The van der Waals surface area contributed by atoms with E-state index in [9.17, 15) is 39.6 Å². The molecule has 0 spiro atoms. The van der Waals surface area contributed by atoms with Gasteiger partial charge in [-0.1, -0.05) is 24.3 Å². The number of aliphatic carboxylic acids is 4. The predicted octanol–water partition coefficient (Wildman–Crippen LogP) is -2.75. The minimum absolute atomic E-state index is 0. The molecule has 0 radical (unpaired) electrons. The zero-order chi connectivity index (χ0) is 20.0. The van der Waals surface area contributed by atoms with Crippen molar-refractivity contribution in [3.05, 3.63) is 48.6 Å². The molecule has 0 unspecified atom stereocenters. The molecule has 9 heteroatoms. The number of allylic oxidation sites excluding steroid dienone is 4. The van der Waals surface area contributed by atoms with E-state index in [0.29, 0.717) is 0 Å². The maximum atomic E-state index is 9.40. The third-order valence-corrected chi connectivity index (χ3v) is 1.21. The first-order valence-electron chi connectivity index (χ1n) is 6.43. The van der Waals surface area contributed by atoms with Gasteiger partial charge in [0.15, 0.2) is 0 Å². The Balaban J connectivity index is -0.0000000702. The molecule has 0 saturated heterocycles. The third kappa shape index (κ3) is 89.4. The predicted molar refractivity (Wildman–Crippen MR) is 79.3 cm³/mol. The molecule has 0 fully saturated rings. The molecule has 0 amide bonds. The van der Waals surface area contributed by atoms with Gasteiger partial charge in [0.2, 0.25) is 0 Å². The molecule has 25 heavy (non-hydrogen) atoms. The monoisotopic (exact) mass is 430 g/mol. The summed E-state index contributed by atoms with van der Waals surface area (Å²) in [5.41, 5.74) is 0. The maximum Gasteiger partial charge on any atom is 4.00 e. The van der Waals surface area contributed by atoms with Crippen LogP contribution in [0.1, 0.15) is 27.7 Å². The van der Waals surface area contributed by atoms with Gasteiger partial charge in [-0.05, 0) is 52.0 Å². The van der Waals surface area contributed by atoms with Crippen molar-refractivity contribution < 1.29 is 65.8 Å². The number of rotatable bonds is 4. The number of carboxylic acid groups (broad SMARTS) is 4. The van der Waals surface area contributed by atoms with E-state index in [0.717, 1.165) is 24.3 Å². The summed E-state index contributed by atoms with van der Waals surface area (Å²) < 4.78 is 0. The van der Waals surface area contributed by atoms with Crippen LogP contribution in [0.25, 0.3) is 0 Å². The molecule has 0 rings (SSSR count). The SMILES string of the molecule is C/C=C/C(=O)[O-].C/C=C/C(=O)[O-].C/C=C/C(=O)[O-].C/C=C/C(=O)[O-].[Zr+4]. The fourth-order valence-corrected chi connectivity index (χ4v) is 0.544. The summed E-state index contributed by atoms with van der Waals surface area (Å²) >= 11 is 0. The molecule has 0 bridgehead atoms. The van der Waals surface area contributed by atoms with Crippen LogP contribution in [-0.2, 0) is 45.4 Å². The zero-order valence-corrected chi connectivity index (χ0v) is 16.8. The molecule has 0 aliphatic carbocycles. The van der Waals surface area contributed by atoms with E-state index >= 15 is 0 Å². The summed E-state index contributed by atoms with van der Waals surface area (Å²) in [7, 11) is 0. The normalized spacial score (nSPS) is 9.12. The van der Waals surface area contributed by atoms with Gasteiger partial charge in [-0.3, -0.25) is 0 Å². The average Bonchev–Trinajstić information content (AvgIpc) is 2.39. The molecule has 8 nitrogen and oxygen atoms in total. The quantitative estimate of drug-likeness (QED) is 0.433. The molecule has 0 atom stereocenters. The van der Waals surface area contributed by atoms with Gasteiger partial charge >= 0.3 is 26.2 Å². The van der Waals surface area contributed by atoms with Crippen LogP contribution in [0.15, 0.2) is 48.6 Å². The molecular formula is C16H20O8Zr. The number of carbonyl (C=O) groups is 4. The molecule has 0 aromatic carbocycles. The van der Waals surface area contributed by atoms with Crippen LogP contribution in [0.2, 0.25) is 0 Å². The number of hydrogen-bond donors (Lipinski definition) is 0. The smallest absolute Gasteiger partial charge is 0.545 e. The van der Waals surface area contributed by atoms with Crippen molar-refractivity contribution in [1.82, 2.24) is 0 Å². The van der Waals surface area contributed by atoms with Crippen molar-refractivity contribution in [2.45, 2.75) is 27.7 Å². The number of carboxylic acids is 4. The van der Waals surface area contributed by atoms with Crippen LogP contribution in [0.4, 0.5) is 0 Å². The molecule has 0 aromatic rings. The minimum Gasteiger partial charge on any atom is -0.545 e. The van der Waals surface area contributed by atoms with Gasteiger partial charge < -0.3 is 39.6 Å². The van der Waals surface area contributed by atoms with Crippen LogP contribution < -0.4 is 20.4 Å². The van der Waals surface area contributed by atoms with Gasteiger partial charge in [-0.25, -0.2) is 0 Å². The van der Waals surface area contributed by atoms with Crippen molar-refractivity contribution in [3.8, 4) is 0 Å². The first-order chi connectivity index (χ1) is 11.1. The Morgan fingerprint density at radius 3 is 0.600 bits per heavy atom. The average molecular weight is 432 g/mol. The van der Waals surface area contributed by atoms with Crippen molar-refractivity contribution in [3.63, 3.8) is 0 Å². The zero-order valence-electron chi connectivity index (χ0n) is 14.4. The van der Waals surface area contributed by atoms with E-state index in [2.05, 4.69) is 0 Å². The number of hydrogen-bond acceptors (Lipinski definition) is 8. The second-order valence-electron chi connectivity index (χ2n) is 3.28. The van der Waals surface area contributed by atoms with E-state index < -0.39 is 23.9 Å². The first kappa shape index (κ1) is 34.1. The summed E-state index contributed by atoms with van der Waals surface area (Å²) in [5, 5.41) is 37.6. The first-order valence-corrected chi connectivity index (χ1v) is 6.43. The molecule has 0 saturated carbocycles. The van der Waals surface area contributed by atoms with Gasteiger partial charge in [0.25, 0.3) is 0 Å². The van der Waals surface area contributed by atoms with E-state index in [1.807, 2.05) is 0 Å². The van der Waals surface area contributed by atoms with Crippen molar-refractivity contribution in [2.75, 3.05) is 0 Å². The Labute approximate surface area is 166 Å². The summed E-state index contributed by atoms with van der Waals surface area (Å²) in [4.78, 5) is 37.6. The van der Waals surface area contributed by atoms with Gasteiger partial charge in [0.1, 0.15) is 0 Å². The van der Waals surface area contributed by atoms with E-state index in [1.165, 1.54) is 24.3 Å². The summed E-state index contributed by atoms with van der Waals surface area (Å²) in [6, 6.07) is 0. The molecular weight excluding hydrogens is 411 g/mol. The Bertz CT molecular complexity index is 389. The second kappa shape index (κ2) is 29.7.